The normalized spacial score (nSPS) is 10.3. The van der Waals surface area contributed by atoms with Crippen molar-refractivity contribution in [2.24, 2.45) is 0 Å². The van der Waals surface area contributed by atoms with Crippen LogP contribution in [-0.2, 0) is 0 Å². The Bertz CT molecular complexity index is 467. The fourth-order valence-electron chi connectivity index (χ4n) is 1.22. The van der Waals surface area contributed by atoms with E-state index < -0.39 is 0 Å². The zero-order valence-electron chi connectivity index (χ0n) is 7.95. The Kier molecular flexibility index (Phi) is 2.98. The predicted molar refractivity (Wildman–Crippen MR) is 62.8 cm³/mol. The van der Waals surface area contributed by atoms with Gasteiger partial charge in [0.25, 0.3) is 0 Å². The highest BCUT2D eigenvalue weighted by Gasteiger charge is 2.09. The molecule has 1 aromatic carbocycles. The van der Waals surface area contributed by atoms with E-state index in [0.717, 1.165) is 10.3 Å². The third kappa shape index (κ3) is 2.01. The summed E-state index contributed by atoms with van der Waals surface area (Å²) in [4.78, 5) is 0. The van der Waals surface area contributed by atoms with Gasteiger partial charge in [-0.15, -0.1) is 0 Å². The molecule has 78 valence electrons. The highest BCUT2D eigenvalue weighted by Crippen LogP contribution is 2.27. The first-order chi connectivity index (χ1) is 7.22. The molecule has 0 spiro atoms. The lowest BCUT2D eigenvalue weighted by atomic mass is 10.3. The first-order valence-corrected chi connectivity index (χ1v) is 5.43. The summed E-state index contributed by atoms with van der Waals surface area (Å²) < 4.78 is 7.63. The Morgan fingerprint density at radius 3 is 2.53 bits per heavy atom. The number of nitrogens with zero attached hydrogens (tertiary/aromatic N) is 2. The monoisotopic (exact) mass is 286 g/mol. The molecular weight excluding hydrogens is 279 g/mol. The lowest BCUT2D eigenvalue weighted by molar-refractivity contribution is 0.412. The van der Waals surface area contributed by atoms with Crippen molar-refractivity contribution in [1.29, 1.82) is 0 Å². The van der Waals surface area contributed by atoms with Crippen LogP contribution in [0.15, 0.2) is 35.1 Å². The second-order valence-corrected chi connectivity index (χ2v) is 4.08. The smallest absolute Gasteiger partial charge is 0.171 e. The molecule has 0 radical (unpaired) electrons. The summed E-state index contributed by atoms with van der Waals surface area (Å²) in [7, 11) is 1.61. The molecule has 0 amide bonds. The minimum atomic E-state index is 0.699. The molecule has 5 heteroatoms. The van der Waals surface area contributed by atoms with E-state index in [9.17, 15) is 0 Å². The van der Waals surface area contributed by atoms with E-state index in [1.807, 2.05) is 24.3 Å². The fraction of sp³-hybridized carbons (Fsp3) is 0.100. The maximum atomic E-state index is 5.81. The van der Waals surface area contributed by atoms with E-state index in [0.29, 0.717) is 10.8 Å². The van der Waals surface area contributed by atoms with E-state index in [4.69, 9.17) is 16.3 Å². The van der Waals surface area contributed by atoms with Crippen LogP contribution in [0.2, 0.25) is 5.02 Å². The Labute approximate surface area is 101 Å². The van der Waals surface area contributed by atoms with Crippen molar-refractivity contribution >= 4 is 27.5 Å². The summed E-state index contributed by atoms with van der Waals surface area (Å²) in [5, 5.41) is 4.89. The van der Waals surface area contributed by atoms with Gasteiger partial charge in [-0.1, -0.05) is 11.6 Å². The van der Waals surface area contributed by atoms with Crippen LogP contribution in [0.3, 0.4) is 0 Å². The third-order valence-electron chi connectivity index (χ3n) is 1.97. The number of methoxy groups -OCH3 is 1. The van der Waals surface area contributed by atoms with E-state index in [-0.39, 0.29) is 0 Å². The molecule has 0 aliphatic rings. The molecule has 1 heterocycles. The van der Waals surface area contributed by atoms with Gasteiger partial charge in [0.15, 0.2) is 10.4 Å². The van der Waals surface area contributed by atoms with Crippen molar-refractivity contribution in [2.75, 3.05) is 7.11 Å². The largest absolute Gasteiger partial charge is 0.492 e. The van der Waals surface area contributed by atoms with Gasteiger partial charge in [0.05, 0.1) is 19.0 Å². The van der Waals surface area contributed by atoms with Crippen molar-refractivity contribution in [2.45, 2.75) is 0 Å². The Balaban J connectivity index is 2.45. The number of benzene rings is 1. The molecule has 0 saturated heterocycles. The fourth-order valence-corrected chi connectivity index (χ4v) is 1.90. The minimum Gasteiger partial charge on any atom is -0.492 e. The maximum absolute atomic E-state index is 5.81. The highest BCUT2D eigenvalue weighted by molar-refractivity contribution is 9.10. The first-order valence-electron chi connectivity index (χ1n) is 4.26. The molecule has 0 aliphatic heterocycles. The van der Waals surface area contributed by atoms with Crippen LogP contribution in [-0.4, -0.2) is 16.9 Å². The van der Waals surface area contributed by atoms with Crippen LogP contribution >= 0.6 is 27.5 Å². The number of aromatic nitrogens is 2. The van der Waals surface area contributed by atoms with Gasteiger partial charge in [-0.3, -0.25) is 0 Å². The van der Waals surface area contributed by atoms with E-state index in [1.54, 1.807) is 18.0 Å². The highest BCUT2D eigenvalue weighted by atomic mass is 79.9. The van der Waals surface area contributed by atoms with Crippen LogP contribution in [0.5, 0.6) is 5.75 Å². The number of halogens is 2. The Morgan fingerprint density at radius 1 is 1.33 bits per heavy atom. The molecule has 0 saturated carbocycles. The molecule has 1 aromatic heterocycles. The van der Waals surface area contributed by atoms with Crippen LogP contribution in [0.1, 0.15) is 0 Å². The minimum absolute atomic E-state index is 0.699. The summed E-state index contributed by atoms with van der Waals surface area (Å²) in [6.07, 6.45) is 1.65. The molecular formula is C10H8BrClN2O. The van der Waals surface area contributed by atoms with Gasteiger partial charge < -0.3 is 4.74 Å². The van der Waals surface area contributed by atoms with Gasteiger partial charge in [-0.05, 0) is 40.2 Å². The molecule has 15 heavy (non-hydrogen) atoms. The molecule has 3 nitrogen and oxygen atoms in total. The van der Waals surface area contributed by atoms with Crippen molar-refractivity contribution < 1.29 is 4.74 Å². The summed E-state index contributed by atoms with van der Waals surface area (Å²) in [5.41, 5.74) is 0.926. The number of hydrogen-bond donors (Lipinski definition) is 0. The lowest BCUT2D eigenvalue weighted by Gasteiger charge is -2.03. The molecule has 2 rings (SSSR count). The molecule has 0 atom stereocenters. The van der Waals surface area contributed by atoms with Crippen LogP contribution in [0, 0.1) is 0 Å². The second-order valence-electron chi connectivity index (χ2n) is 2.89. The van der Waals surface area contributed by atoms with Gasteiger partial charge in [-0.25, -0.2) is 4.68 Å². The van der Waals surface area contributed by atoms with E-state index in [2.05, 4.69) is 21.0 Å². The van der Waals surface area contributed by atoms with Gasteiger partial charge in [0.2, 0.25) is 0 Å². The molecule has 0 aliphatic carbocycles. The first kappa shape index (κ1) is 10.5. The third-order valence-corrected chi connectivity index (χ3v) is 2.95. The van der Waals surface area contributed by atoms with E-state index in [1.165, 1.54) is 0 Å². The molecule has 0 fully saturated rings. The predicted octanol–water partition coefficient (Wildman–Crippen LogP) is 3.30. The Hall–Kier alpha value is -1.000. The van der Waals surface area contributed by atoms with Gasteiger partial charge in [-0.2, -0.15) is 5.10 Å². The molecule has 0 unspecified atom stereocenters. The molecule has 2 aromatic rings. The summed E-state index contributed by atoms with van der Waals surface area (Å²) >= 11 is 9.21. The summed E-state index contributed by atoms with van der Waals surface area (Å²) in [6, 6.07) is 7.41. The zero-order valence-corrected chi connectivity index (χ0v) is 10.3. The number of hydrogen-bond acceptors (Lipinski definition) is 2. The van der Waals surface area contributed by atoms with Crippen LogP contribution in [0.25, 0.3) is 5.69 Å². The van der Waals surface area contributed by atoms with E-state index >= 15 is 0 Å². The van der Waals surface area contributed by atoms with Crippen molar-refractivity contribution in [3.05, 3.63) is 40.1 Å². The average molecular weight is 288 g/mol. The van der Waals surface area contributed by atoms with Gasteiger partial charge >= 0.3 is 0 Å². The summed E-state index contributed by atoms with van der Waals surface area (Å²) in [6.45, 7) is 0. The molecule has 0 N–H and O–H groups in total. The second kappa shape index (κ2) is 4.24. The van der Waals surface area contributed by atoms with Crippen molar-refractivity contribution in [3.8, 4) is 11.4 Å². The van der Waals surface area contributed by atoms with Gasteiger partial charge in [0.1, 0.15) is 0 Å². The van der Waals surface area contributed by atoms with Crippen LogP contribution < -0.4 is 4.74 Å². The molecule has 0 bridgehead atoms. The summed E-state index contributed by atoms with van der Waals surface area (Å²) in [5.74, 6) is 0.699. The lowest BCUT2D eigenvalue weighted by Crippen LogP contribution is -1.95. The van der Waals surface area contributed by atoms with Crippen molar-refractivity contribution in [1.82, 2.24) is 9.78 Å². The zero-order chi connectivity index (χ0) is 10.8. The Morgan fingerprint density at radius 2 is 2.00 bits per heavy atom. The maximum Gasteiger partial charge on any atom is 0.171 e. The van der Waals surface area contributed by atoms with Gasteiger partial charge in [0, 0.05) is 5.02 Å². The standard InChI is InChI=1S/C10H8BrClN2O/c1-15-9-6-13-14(10(9)11)8-4-2-7(12)3-5-8/h2-6H,1H3. The van der Waals surface area contributed by atoms with Crippen LogP contribution in [0.4, 0.5) is 0 Å². The quantitative estimate of drug-likeness (QED) is 0.847. The average Bonchev–Trinajstić information content (AvgIpc) is 2.61. The SMILES string of the molecule is COc1cnn(-c2ccc(Cl)cc2)c1Br. The van der Waals surface area contributed by atoms with Crippen molar-refractivity contribution in [3.63, 3.8) is 0 Å². The number of rotatable bonds is 2. The number of ether oxygens (including phenoxy) is 1. The topological polar surface area (TPSA) is 27.1 Å².